The first kappa shape index (κ1) is 20.4. The van der Waals surface area contributed by atoms with Gasteiger partial charge >= 0.3 is 0 Å². The summed E-state index contributed by atoms with van der Waals surface area (Å²) in [6.45, 7) is 4.77. The van der Waals surface area contributed by atoms with E-state index < -0.39 is 0 Å². The number of carbonyl (C=O) groups excluding carboxylic acids is 2. The van der Waals surface area contributed by atoms with Crippen LogP contribution in [0.1, 0.15) is 12.0 Å². The summed E-state index contributed by atoms with van der Waals surface area (Å²) >= 11 is 0. The Hall–Kier alpha value is -2.90. The molecule has 2 fully saturated rings. The number of hydrogen-bond donors (Lipinski definition) is 2. The number of rotatable bonds is 6. The Morgan fingerprint density at radius 1 is 0.933 bits per heavy atom. The van der Waals surface area contributed by atoms with E-state index in [1.54, 1.807) is 32.4 Å². The van der Waals surface area contributed by atoms with Crippen molar-refractivity contribution in [1.82, 2.24) is 0 Å². The highest BCUT2D eigenvalue weighted by atomic mass is 16.5. The lowest BCUT2D eigenvalue weighted by molar-refractivity contribution is -1.02. The van der Waals surface area contributed by atoms with Crippen LogP contribution in [0.2, 0.25) is 0 Å². The third-order valence-electron chi connectivity index (χ3n) is 6.13. The molecule has 0 saturated carbocycles. The molecule has 2 aliphatic heterocycles. The van der Waals surface area contributed by atoms with Crippen LogP contribution in [0.25, 0.3) is 0 Å². The van der Waals surface area contributed by atoms with E-state index >= 15 is 0 Å². The van der Waals surface area contributed by atoms with Gasteiger partial charge in [-0.3, -0.25) is 9.59 Å². The third kappa shape index (κ3) is 4.17. The SMILES string of the molecule is COc1cc(OC)cc(N2C(=O)C[C@@H]([NH+]3CC[NH+](Cc4ccccc4)CC3)C2=O)c1. The van der Waals surface area contributed by atoms with Gasteiger partial charge in [0.25, 0.3) is 5.91 Å². The maximum absolute atomic E-state index is 13.2. The maximum Gasteiger partial charge on any atom is 0.292 e. The van der Waals surface area contributed by atoms with Gasteiger partial charge in [0.1, 0.15) is 44.2 Å². The Kier molecular flexibility index (Phi) is 6.01. The molecule has 0 unspecified atom stereocenters. The van der Waals surface area contributed by atoms with E-state index in [0.29, 0.717) is 17.2 Å². The number of quaternary nitrogens is 2. The van der Waals surface area contributed by atoms with Crippen LogP contribution < -0.4 is 24.2 Å². The second-order valence-corrected chi connectivity index (χ2v) is 7.97. The van der Waals surface area contributed by atoms with E-state index in [0.717, 1.165) is 32.7 Å². The van der Waals surface area contributed by atoms with Gasteiger partial charge in [-0.2, -0.15) is 0 Å². The molecule has 30 heavy (non-hydrogen) atoms. The van der Waals surface area contributed by atoms with Gasteiger partial charge in [0.2, 0.25) is 5.91 Å². The molecule has 0 spiro atoms. The van der Waals surface area contributed by atoms with Gasteiger partial charge < -0.3 is 19.3 Å². The number of imide groups is 1. The number of anilines is 1. The van der Waals surface area contributed by atoms with Crippen LogP contribution in [0.3, 0.4) is 0 Å². The second-order valence-electron chi connectivity index (χ2n) is 7.97. The van der Waals surface area contributed by atoms with Crippen molar-refractivity contribution in [2.24, 2.45) is 0 Å². The van der Waals surface area contributed by atoms with Gasteiger partial charge in [-0.1, -0.05) is 30.3 Å². The van der Waals surface area contributed by atoms with Crippen LogP contribution in [0.15, 0.2) is 48.5 Å². The number of amides is 2. The summed E-state index contributed by atoms with van der Waals surface area (Å²) in [5, 5.41) is 0. The Bertz CT molecular complexity index is 888. The number of nitrogens with one attached hydrogen (secondary N) is 2. The van der Waals surface area contributed by atoms with Crippen molar-refractivity contribution in [2.75, 3.05) is 45.3 Å². The summed E-state index contributed by atoms with van der Waals surface area (Å²) in [4.78, 5) is 30.0. The maximum atomic E-state index is 13.2. The minimum atomic E-state index is -0.312. The van der Waals surface area contributed by atoms with Crippen LogP contribution in [0.4, 0.5) is 5.69 Å². The number of piperazine rings is 1. The monoisotopic (exact) mass is 411 g/mol. The number of carbonyl (C=O) groups is 2. The molecule has 7 nitrogen and oxygen atoms in total. The lowest BCUT2D eigenvalue weighted by atomic mass is 10.1. The summed E-state index contributed by atoms with van der Waals surface area (Å²) in [6.07, 6.45) is 0.252. The van der Waals surface area contributed by atoms with Crippen LogP contribution in [-0.2, 0) is 16.1 Å². The van der Waals surface area contributed by atoms with Crippen molar-refractivity contribution >= 4 is 17.5 Å². The normalized spacial score (nSPS) is 24.2. The van der Waals surface area contributed by atoms with Crippen LogP contribution >= 0.6 is 0 Å². The number of benzene rings is 2. The molecule has 158 valence electrons. The zero-order valence-electron chi connectivity index (χ0n) is 17.5. The fourth-order valence-corrected chi connectivity index (χ4v) is 4.48. The summed E-state index contributed by atoms with van der Waals surface area (Å²) in [7, 11) is 3.10. The van der Waals surface area contributed by atoms with Crippen LogP contribution in [-0.4, -0.2) is 58.3 Å². The van der Waals surface area contributed by atoms with E-state index in [1.807, 2.05) is 6.07 Å². The van der Waals surface area contributed by atoms with Crippen molar-refractivity contribution in [3.8, 4) is 11.5 Å². The zero-order chi connectivity index (χ0) is 21.1. The minimum absolute atomic E-state index is 0.128. The molecule has 2 saturated heterocycles. The van der Waals surface area contributed by atoms with Crippen molar-refractivity contribution in [2.45, 2.75) is 19.0 Å². The van der Waals surface area contributed by atoms with Gasteiger partial charge in [0, 0.05) is 23.8 Å². The van der Waals surface area contributed by atoms with Crippen molar-refractivity contribution in [3.05, 3.63) is 54.1 Å². The van der Waals surface area contributed by atoms with Crippen LogP contribution in [0.5, 0.6) is 11.5 Å². The summed E-state index contributed by atoms with van der Waals surface area (Å²) in [6, 6.07) is 15.3. The molecular weight excluding hydrogens is 382 g/mol. The molecule has 0 bridgehead atoms. The smallest absolute Gasteiger partial charge is 0.292 e. The molecular formula is C23H29N3O4+2. The molecule has 2 heterocycles. The van der Waals surface area contributed by atoms with Gasteiger partial charge in [0.05, 0.1) is 26.3 Å². The van der Waals surface area contributed by atoms with Crippen molar-refractivity contribution in [1.29, 1.82) is 0 Å². The quantitative estimate of drug-likeness (QED) is 0.619. The predicted molar refractivity (Wildman–Crippen MR) is 112 cm³/mol. The molecule has 1 atom stereocenters. The zero-order valence-corrected chi connectivity index (χ0v) is 17.5. The first-order valence-electron chi connectivity index (χ1n) is 10.4. The Labute approximate surface area is 176 Å². The number of hydrogen-bond acceptors (Lipinski definition) is 4. The largest absolute Gasteiger partial charge is 0.497 e. The Morgan fingerprint density at radius 3 is 2.17 bits per heavy atom. The molecule has 7 heteroatoms. The molecule has 0 aromatic heterocycles. The minimum Gasteiger partial charge on any atom is -0.497 e. The molecule has 0 aliphatic carbocycles. The summed E-state index contributed by atoms with van der Waals surface area (Å²) in [5.74, 6) is 0.821. The molecule has 2 aromatic rings. The average Bonchev–Trinajstić information content (AvgIpc) is 3.08. The number of methoxy groups -OCH3 is 2. The standard InChI is InChI=1S/C23H27N3O4/c1-29-19-12-18(13-20(14-19)30-2)26-22(27)15-21(23(26)28)25-10-8-24(9-11-25)16-17-6-4-3-5-7-17/h3-7,12-14,21H,8-11,15-16H2,1-2H3/p+2/t21-/m1/s1. The predicted octanol–water partition coefficient (Wildman–Crippen LogP) is -0.681. The topological polar surface area (TPSA) is 64.7 Å². The highest BCUT2D eigenvalue weighted by Gasteiger charge is 2.47. The first-order chi connectivity index (χ1) is 14.6. The molecule has 0 radical (unpaired) electrons. The van der Waals surface area contributed by atoms with E-state index in [2.05, 4.69) is 24.3 Å². The van der Waals surface area contributed by atoms with Gasteiger partial charge in [-0.25, -0.2) is 4.90 Å². The van der Waals surface area contributed by atoms with Crippen molar-refractivity contribution < 1.29 is 28.9 Å². The summed E-state index contributed by atoms with van der Waals surface area (Å²) in [5.41, 5.74) is 1.85. The fourth-order valence-electron chi connectivity index (χ4n) is 4.48. The molecule has 2 N–H and O–H groups in total. The highest BCUT2D eigenvalue weighted by Crippen LogP contribution is 2.31. The molecule has 2 amide bonds. The number of nitrogens with zero attached hydrogens (tertiary/aromatic N) is 1. The van der Waals surface area contributed by atoms with E-state index in [1.165, 1.54) is 20.3 Å². The second kappa shape index (κ2) is 8.85. The van der Waals surface area contributed by atoms with Gasteiger partial charge in [-0.05, 0) is 0 Å². The fraction of sp³-hybridized carbons (Fsp3) is 0.391. The molecule has 2 aromatic carbocycles. The lowest BCUT2D eigenvalue weighted by Gasteiger charge is -2.32. The molecule has 4 rings (SSSR count). The van der Waals surface area contributed by atoms with Crippen LogP contribution in [0, 0.1) is 0 Å². The lowest BCUT2D eigenvalue weighted by Crippen LogP contribution is -3.29. The molecule has 2 aliphatic rings. The van der Waals surface area contributed by atoms with Gasteiger partial charge in [-0.15, -0.1) is 0 Å². The number of ether oxygens (including phenoxy) is 2. The third-order valence-corrected chi connectivity index (χ3v) is 6.13. The first-order valence-corrected chi connectivity index (χ1v) is 10.4. The van der Waals surface area contributed by atoms with Crippen molar-refractivity contribution in [3.63, 3.8) is 0 Å². The average molecular weight is 412 g/mol. The van der Waals surface area contributed by atoms with E-state index in [-0.39, 0.29) is 24.3 Å². The van der Waals surface area contributed by atoms with E-state index in [9.17, 15) is 9.59 Å². The Balaban J connectivity index is 1.42. The highest BCUT2D eigenvalue weighted by molar-refractivity contribution is 6.22. The van der Waals surface area contributed by atoms with Gasteiger partial charge in [0.15, 0.2) is 6.04 Å². The van der Waals surface area contributed by atoms with E-state index in [4.69, 9.17) is 9.47 Å². The Morgan fingerprint density at radius 2 is 1.57 bits per heavy atom. The summed E-state index contributed by atoms with van der Waals surface area (Å²) < 4.78 is 10.6.